The topological polar surface area (TPSA) is 72.8 Å². The van der Waals surface area contributed by atoms with Crippen molar-refractivity contribution in [3.05, 3.63) is 42.1 Å². The van der Waals surface area contributed by atoms with Gasteiger partial charge in [0.1, 0.15) is 5.82 Å². The van der Waals surface area contributed by atoms with Crippen molar-refractivity contribution in [3.63, 3.8) is 0 Å². The maximum Gasteiger partial charge on any atom is 0.319 e. The summed E-state index contributed by atoms with van der Waals surface area (Å²) in [5, 5.41) is 11.2. The number of amides is 2. The summed E-state index contributed by atoms with van der Waals surface area (Å²) in [6.45, 7) is 4.59. The highest BCUT2D eigenvalue weighted by Gasteiger charge is 2.46. The molecule has 2 fully saturated rings. The van der Waals surface area contributed by atoms with Crippen molar-refractivity contribution < 1.29 is 9.90 Å². The Balaban J connectivity index is 1.56. The van der Waals surface area contributed by atoms with Crippen LogP contribution in [0.5, 0.6) is 0 Å². The monoisotopic (exact) mass is 395 g/mol. The van der Waals surface area contributed by atoms with Crippen LogP contribution in [0.3, 0.4) is 0 Å². The minimum absolute atomic E-state index is 0.00402. The third-order valence-electron chi connectivity index (χ3n) is 6.12. The number of aryl methyl sites for hydroxylation is 1. The molecule has 2 aliphatic rings. The van der Waals surface area contributed by atoms with Crippen LogP contribution in [0, 0.1) is 12.8 Å². The molecule has 0 radical (unpaired) electrons. The molecule has 2 amide bonds. The molecule has 0 bridgehead atoms. The fourth-order valence-corrected chi connectivity index (χ4v) is 4.40. The highest BCUT2D eigenvalue weighted by molar-refractivity contribution is 5.74. The van der Waals surface area contributed by atoms with Crippen molar-refractivity contribution in [1.82, 2.24) is 19.8 Å². The lowest BCUT2D eigenvalue weighted by Crippen LogP contribution is -2.61. The Morgan fingerprint density at radius 2 is 1.86 bits per heavy atom. The van der Waals surface area contributed by atoms with E-state index >= 15 is 0 Å². The minimum Gasteiger partial charge on any atom is -0.389 e. The van der Waals surface area contributed by atoms with Gasteiger partial charge in [0.05, 0.1) is 5.60 Å². The molecule has 2 aromatic rings. The third-order valence-corrected chi connectivity index (χ3v) is 6.12. The second-order valence-corrected chi connectivity index (χ2v) is 8.43. The quantitative estimate of drug-likeness (QED) is 0.845. The van der Waals surface area contributed by atoms with Gasteiger partial charge in [0.2, 0.25) is 0 Å². The van der Waals surface area contributed by atoms with Crippen LogP contribution in [0.15, 0.2) is 36.4 Å². The zero-order valence-electron chi connectivity index (χ0n) is 17.4. The maximum absolute atomic E-state index is 12.4. The lowest BCUT2D eigenvalue weighted by atomic mass is 9.75. The van der Waals surface area contributed by atoms with E-state index in [9.17, 15) is 9.90 Å². The third kappa shape index (κ3) is 3.92. The molecule has 29 heavy (non-hydrogen) atoms. The predicted octanol–water partition coefficient (Wildman–Crippen LogP) is 2.40. The molecular weight excluding hydrogens is 366 g/mol. The molecule has 4 rings (SSSR count). The normalized spacial score (nSPS) is 24.2. The van der Waals surface area contributed by atoms with Gasteiger partial charge in [0.25, 0.3) is 0 Å². The Morgan fingerprint density at radius 1 is 1.14 bits per heavy atom. The summed E-state index contributed by atoms with van der Waals surface area (Å²) in [7, 11) is 3.54. The average Bonchev–Trinajstić information content (AvgIpc) is 2.72. The average molecular weight is 396 g/mol. The van der Waals surface area contributed by atoms with Gasteiger partial charge in [0, 0.05) is 63.5 Å². The first kappa shape index (κ1) is 19.6. The Hall–Kier alpha value is -2.67. The molecule has 2 atom stereocenters. The van der Waals surface area contributed by atoms with Crippen molar-refractivity contribution in [2.75, 3.05) is 45.2 Å². The van der Waals surface area contributed by atoms with Gasteiger partial charge in [-0.15, -0.1) is 0 Å². The molecule has 1 aromatic carbocycles. The van der Waals surface area contributed by atoms with Crippen LogP contribution in [0.1, 0.15) is 18.5 Å². The molecule has 0 saturated carbocycles. The van der Waals surface area contributed by atoms with E-state index in [1.54, 1.807) is 19.0 Å². The van der Waals surface area contributed by atoms with E-state index in [2.05, 4.69) is 9.88 Å². The number of carbonyl (C=O) groups excluding carboxylic acids is 1. The smallest absolute Gasteiger partial charge is 0.319 e. The summed E-state index contributed by atoms with van der Waals surface area (Å²) >= 11 is 0. The molecule has 0 unspecified atom stereocenters. The van der Waals surface area contributed by atoms with E-state index in [1.165, 1.54) is 0 Å². The van der Waals surface area contributed by atoms with Crippen LogP contribution in [0.2, 0.25) is 0 Å². The van der Waals surface area contributed by atoms with Crippen molar-refractivity contribution in [2.24, 2.45) is 5.92 Å². The first-order chi connectivity index (χ1) is 13.9. The summed E-state index contributed by atoms with van der Waals surface area (Å²) in [6.07, 6.45) is 1.31. The summed E-state index contributed by atoms with van der Waals surface area (Å²) in [4.78, 5) is 27.5. The predicted molar refractivity (Wildman–Crippen MR) is 113 cm³/mol. The van der Waals surface area contributed by atoms with Crippen LogP contribution in [0.25, 0.3) is 11.4 Å². The fraction of sp³-hybridized carbons (Fsp3) is 0.500. The van der Waals surface area contributed by atoms with Gasteiger partial charge in [-0.05, 0) is 19.8 Å². The Bertz CT molecular complexity index is 888. The molecule has 2 saturated heterocycles. The number of urea groups is 1. The van der Waals surface area contributed by atoms with E-state index in [1.807, 2.05) is 48.2 Å². The van der Waals surface area contributed by atoms with Crippen LogP contribution in [0.4, 0.5) is 10.6 Å². The van der Waals surface area contributed by atoms with Crippen LogP contribution < -0.4 is 4.90 Å². The number of rotatable bonds is 2. The number of nitrogens with zero attached hydrogens (tertiary/aromatic N) is 5. The zero-order chi connectivity index (χ0) is 20.6. The minimum atomic E-state index is -0.704. The summed E-state index contributed by atoms with van der Waals surface area (Å²) in [5.41, 5.74) is 1.21. The van der Waals surface area contributed by atoms with Crippen LogP contribution >= 0.6 is 0 Å². The number of benzene rings is 1. The molecule has 3 heterocycles. The number of hydrogen-bond acceptors (Lipinski definition) is 5. The molecule has 0 spiro atoms. The van der Waals surface area contributed by atoms with E-state index in [-0.39, 0.29) is 11.9 Å². The van der Waals surface area contributed by atoms with Crippen molar-refractivity contribution >= 4 is 11.8 Å². The SMILES string of the molecule is Cc1cc(N2CC[C@]3(O)CCN(C(=O)N(C)C)C[C@@H]3C2)nc(-c2ccccc2)n1. The zero-order valence-corrected chi connectivity index (χ0v) is 17.4. The molecule has 7 nitrogen and oxygen atoms in total. The fourth-order valence-electron chi connectivity index (χ4n) is 4.40. The van der Waals surface area contributed by atoms with Gasteiger partial charge in [-0.1, -0.05) is 30.3 Å². The lowest BCUT2D eigenvalue weighted by molar-refractivity contribution is -0.0760. The highest BCUT2D eigenvalue weighted by Crippen LogP contribution is 2.37. The number of likely N-dealkylation sites (tertiary alicyclic amines) is 1. The number of piperidine rings is 2. The van der Waals surface area contributed by atoms with Crippen molar-refractivity contribution in [2.45, 2.75) is 25.4 Å². The van der Waals surface area contributed by atoms with E-state index < -0.39 is 5.60 Å². The standard InChI is InChI=1S/C22H29N5O2/c1-16-13-19(24-20(23-16)17-7-5-4-6-8-17)26-11-9-22(29)10-12-27(15-18(22)14-26)21(28)25(2)3/h4-8,13,18,29H,9-12,14-15H2,1-3H3/t18-,22-/m0/s1. The second-order valence-electron chi connectivity index (χ2n) is 8.43. The molecule has 2 aliphatic heterocycles. The lowest BCUT2D eigenvalue weighted by Gasteiger charge is -2.50. The highest BCUT2D eigenvalue weighted by atomic mass is 16.3. The second kappa shape index (κ2) is 7.63. The van der Waals surface area contributed by atoms with E-state index in [4.69, 9.17) is 4.98 Å². The Kier molecular flexibility index (Phi) is 5.17. The van der Waals surface area contributed by atoms with Gasteiger partial charge >= 0.3 is 6.03 Å². The molecule has 1 N–H and O–H groups in total. The van der Waals surface area contributed by atoms with E-state index in [0.717, 1.165) is 29.4 Å². The van der Waals surface area contributed by atoms with Gasteiger partial charge in [0.15, 0.2) is 5.82 Å². The van der Waals surface area contributed by atoms with Gasteiger partial charge < -0.3 is 19.8 Å². The van der Waals surface area contributed by atoms with Crippen LogP contribution in [-0.4, -0.2) is 76.8 Å². The number of hydrogen-bond donors (Lipinski definition) is 1. The Labute approximate surface area is 172 Å². The van der Waals surface area contributed by atoms with Gasteiger partial charge in [-0.25, -0.2) is 14.8 Å². The number of anilines is 1. The summed E-state index contributed by atoms with van der Waals surface area (Å²) in [6, 6.07) is 12.0. The first-order valence-electron chi connectivity index (χ1n) is 10.2. The molecule has 154 valence electrons. The Morgan fingerprint density at radius 3 is 2.59 bits per heavy atom. The number of carbonyl (C=O) groups is 1. The molecule has 0 aliphatic carbocycles. The molecular formula is C22H29N5O2. The van der Waals surface area contributed by atoms with Gasteiger partial charge in [-0.2, -0.15) is 0 Å². The summed E-state index contributed by atoms with van der Waals surface area (Å²) < 4.78 is 0. The number of aromatic nitrogens is 2. The maximum atomic E-state index is 12.4. The number of fused-ring (bicyclic) bond motifs is 1. The van der Waals surface area contributed by atoms with Crippen molar-refractivity contribution in [3.8, 4) is 11.4 Å². The molecule has 1 aromatic heterocycles. The number of aliphatic hydroxyl groups is 1. The van der Waals surface area contributed by atoms with E-state index in [0.29, 0.717) is 32.5 Å². The van der Waals surface area contributed by atoms with Crippen LogP contribution in [-0.2, 0) is 0 Å². The van der Waals surface area contributed by atoms with Gasteiger partial charge in [-0.3, -0.25) is 0 Å². The first-order valence-corrected chi connectivity index (χ1v) is 10.2. The molecule has 7 heteroatoms. The summed E-state index contributed by atoms with van der Waals surface area (Å²) in [5.74, 6) is 1.60. The van der Waals surface area contributed by atoms with Crippen molar-refractivity contribution in [1.29, 1.82) is 0 Å². The largest absolute Gasteiger partial charge is 0.389 e.